The molecule has 0 N–H and O–H groups in total. The third-order valence-corrected chi connectivity index (χ3v) is 4.49. The lowest BCUT2D eigenvalue weighted by molar-refractivity contribution is -0.139. The van der Waals surface area contributed by atoms with E-state index < -0.39 is 0 Å². The summed E-state index contributed by atoms with van der Waals surface area (Å²) in [7, 11) is 0. The highest BCUT2D eigenvalue weighted by atomic mass is 16.6. The Kier molecular flexibility index (Phi) is 11.2. The second-order valence-electron chi connectivity index (χ2n) is 6.60. The number of carbonyl (C=O) groups is 1. The summed E-state index contributed by atoms with van der Waals surface area (Å²) in [5.41, 5.74) is 4.10. The van der Waals surface area contributed by atoms with Crippen molar-refractivity contribution in [3.63, 3.8) is 0 Å². The molecule has 0 saturated heterocycles. The molecule has 3 nitrogen and oxygen atoms in total. The van der Waals surface area contributed by atoms with Gasteiger partial charge in [-0.05, 0) is 68.2 Å². The van der Waals surface area contributed by atoms with Gasteiger partial charge in [-0.15, -0.1) is 0 Å². The molecule has 1 rings (SSSR count). The maximum atomic E-state index is 12.0. The molecule has 0 aliphatic rings. The van der Waals surface area contributed by atoms with E-state index in [2.05, 4.69) is 26.8 Å². The first-order valence-corrected chi connectivity index (χ1v) is 10.1. The van der Waals surface area contributed by atoms with Crippen LogP contribution in [0.1, 0.15) is 82.9 Å². The highest BCUT2D eigenvalue weighted by Gasteiger charge is 2.16. The summed E-state index contributed by atoms with van der Waals surface area (Å²) in [5, 5.41) is 0. The van der Waals surface area contributed by atoms with Crippen molar-refractivity contribution in [3.05, 3.63) is 28.8 Å². The highest BCUT2D eigenvalue weighted by Crippen LogP contribution is 2.30. The molecule has 0 bridgehead atoms. The second-order valence-corrected chi connectivity index (χ2v) is 6.60. The standard InChI is InChI=1S/C22H36O3/c1-5-9-12-18-15-16-21(25-22(23)17-24-8-4)20(14-11-7-3)19(18)13-10-6-2/h15-16H,5-14,17H2,1-4H3. The molecule has 0 fully saturated rings. The molecule has 0 aliphatic heterocycles. The van der Waals surface area contributed by atoms with Crippen molar-refractivity contribution in [2.75, 3.05) is 13.2 Å². The van der Waals surface area contributed by atoms with E-state index in [4.69, 9.17) is 9.47 Å². The van der Waals surface area contributed by atoms with Gasteiger partial charge in [0, 0.05) is 6.61 Å². The second kappa shape index (κ2) is 12.9. The van der Waals surface area contributed by atoms with Gasteiger partial charge in [-0.25, -0.2) is 4.79 Å². The van der Waals surface area contributed by atoms with Gasteiger partial charge in [-0.2, -0.15) is 0 Å². The van der Waals surface area contributed by atoms with Crippen LogP contribution in [-0.4, -0.2) is 19.2 Å². The van der Waals surface area contributed by atoms with Crippen LogP contribution in [0.3, 0.4) is 0 Å². The summed E-state index contributed by atoms with van der Waals surface area (Å²) in [6.07, 6.45) is 10.2. The highest BCUT2D eigenvalue weighted by molar-refractivity contribution is 5.74. The minimum absolute atomic E-state index is 0.0194. The Morgan fingerprint density at radius 1 is 0.840 bits per heavy atom. The topological polar surface area (TPSA) is 35.5 Å². The van der Waals surface area contributed by atoms with Gasteiger partial charge in [-0.1, -0.05) is 46.1 Å². The van der Waals surface area contributed by atoms with Gasteiger partial charge < -0.3 is 9.47 Å². The molecule has 0 spiro atoms. The zero-order valence-electron chi connectivity index (χ0n) is 16.7. The summed E-state index contributed by atoms with van der Waals surface area (Å²) in [5.74, 6) is 0.437. The van der Waals surface area contributed by atoms with Crippen molar-refractivity contribution < 1.29 is 14.3 Å². The molecule has 1 aromatic carbocycles. The molecule has 1 aromatic rings. The van der Waals surface area contributed by atoms with E-state index in [1.165, 1.54) is 42.4 Å². The number of rotatable bonds is 13. The first-order chi connectivity index (χ1) is 12.2. The molecular formula is C22H36O3. The van der Waals surface area contributed by atoms with Crippen LogP contribution in [-0.2, 0) is 28.8 Å². The Hall–Kier alpha value is -1.35. The number of unbranched alkanes of at least 4 members (excludes halogenated alkanes) is 3. The third-order valence-electron chi connectivity index (χ3n) is 4.49. The summed E-state index contributed by atoms with van der Waals surface area (Å²) in [6.45, 7) is 9.08. The van der Waals surface area contributed by atoms with E-state index in [9.17, 15) is 4.79 Å². The Bertz CT molecular complexity index is 508. The van der Waals surface area contributed by atoms with Crippen LogP contribution in [0.25, 0.3) is 0 Å². The van der Waals surface area contributed by atoms with Crippen molar-refractivity contribution in [1.82, 2.24) is 0 Å². The van der Waals surface area contributed by atoms with Crippen LogP contribution in [0.5, 0.6) is 5.75 Å². The first kappa shape index (κ1) is 21.7. The number of ether oxygens (including phenoxy) is 2. The van der Waals surface area contributed by atoms with E-state index in [1.54, 1.807) is 0 Å². The predicted octanol–water partition coefficient (Wildman–Crippen LogP) is 5.66. The molecule has 0 unspecified atom stereocenters. The molecule has 0 atom stereocenters. The van der Waals surface area contributed by atoms with Crippen LogP contribution in [0.15, 0.2) is 12.1 Å². The van der Waals surface area contributed by atoms with Crippen molar-refractivity contribution in [3.8, 4) is 5.75 Å². The fraction of sp³-hybridized carbons (Fsp3) is 0.682. The molecule has 0 aliphatic carbocycles. The predicted molar refractivity (Wildman–Crippen MR) is 104 cm³/mol. The lowest BCUT2D eigenvalue weighted by Gasteiger charge is -2.19. The van der Waals surface area contributed by atoms with Gasteiger partial charge in [-0.3, -0.25) is 0 Å². The summed E-state index contributed by atoms with van der Waals surface area (Å²) in [6, 6.07) is 4.16. The molecular weight excluding hydrogens is 312 g/mol. The summed E-state index contributed by atoms with van der Waals surface area (Å²) in [4.78, 5) is 12.0. The number of esters is 1. The van der Waals surface area contributed by atoms with Crippen LogP contribution in [0, 0.1) is 0 Å². The molecule has 0 saturated carbocycles. The maximum absolute atomic E-state index is 12.0. The lowest BCUT2D eigenvalue weighted by Crippen LogP contribution is -2.17. The minimum Gasteiger partial charge on any atom is -0.425 e. The van der Waals surface area contributed by atoms with Gasteiger partial charge in [0.25, 0.3) is 0 Å². The zero-order valence-corrected chi connectivity index (χ0v) is 16.7. The van der Waals surface area contributed by atoms with Gasteiger partial charge >= 0.3 is 5.97 Å². The van der Waals surface area contributed by atoms with Crippen LogP contribution >= 0.6 is 0 Å². The molecule has 0 heterocycles. The Morgan fingerprint density at radius 2 is 1.44 bits per heavy atom. The largest absolute Gasteiger partial charge is 0.425 e. The Labute approximate surface area is 154 Å². The van der Waals surface area contributed by atoms with Crippen LogP contribution < -0.4 is 4.74 Å². The van der Waals surface area contributed by atoms with E-state index in [0.29, 0.717) is 6.61 Å². The molecule has 25 heavy (non-hydrogen) atoms. The van der Waals surface area contributed by atoms with E-state index >= 15 is 0 Å². The van der Waals surface area contributed by atoms with Gasteiger partial charge in [0.15, 0.2) is 0 Å². The molecule has 0 amide bonds. The van der Waals surface area contributed by atoms with Crippen LogP contribution in [0.4, 0.5) is 0 Å². The SMILES string of the molecule is CCCCc1ccc(OC(=O)COCC)c(CCCC)c1CCCC. The average Bonchev–Trinajstić information content (AvgIpc) is 2.62. The number of aryl methyl sites for hydroxylation is 1. The number of hydrogen-bond acceptors (Lipinski definition) is 3. The van der Waals surface area contributed by atoms with Gasteiger partial charge in [0.05, 0.1) is 0 Å². The number of benzene rings is 1. The first-order valence-electron chi connectivity index (χ1n) is 10.1. The smallest absolute Gasteiger partial charge is 0.337 e. The van der Waals surface area contributed by atoms with Crippen molar-refractivity contribution >= 4 is 5.97 Å². The number of hydrogen-bond donors (Lipinski definition) is 0. The fourth-order valence-electron chi connectivity index (χ4n) is 3.05. The lowest BCUT2D eigenvalue weighted by atomic mass is 9.90. The zero-order chi connectivity index (χ0) is 18.5. The summed E-state index contributed by atoms with van der Waals surface area (Å²) >= 11 is 0. The van der Waals surface area contributed by atoms with Gasteiger partial charge in [0.1, 0.15) is 12.4 Å². The van der Waals surface area contributed by atoms with Crippen molar-refractivity contribution in [2.24, 2.45) is 0 Å². The molecule has 142 valence electrons. The number of carbonyl (C=O) groups excluding carboxylic acids is 1. The van der Waals surface area contributed by atoms with Crippen molar-refractivity contribution in [1.29, 1.82) is 0 Å². The van der Waals surface area contributed by atoms with Gasteiger partial charge in [0.2, 0.25) is 0 Å². The monoisotopic (exact) mass is 348 g/mol. The summed E-state index contributed by atoms with van der Waals surface area (Å²) < 4.78 is 10.8. The quantitative estimate of drug-likeness (QED) is 0.341. The normalized spacial score (nSPS) is 10.9. The van der Waals surface area contributed by atoms with E-state index in [1.807, 2.05) is 13.0 Å². The molecule has 3 heteroatoms. The fourth-order valence-corrected chi connectivity index (χ4v) is 3.05. The van der Waals surface area contributed by atoms with E-state index in [0.717, 1.165) is 37.9 Å². The molecule has 0 radical (unpaired) electrons. The van der Waals surface area contributed by atoms with Crippen LogP contribution in [0.2, 0.25) is 0 Å². The minimum atomic E-state index is -0.303. The molecule has 0 aromatic heterocycles. The average molecular weight is 349 g/mol. The Balaban J connectivity index is 3.13. The van der Waals surface area contributed by atoms with Crippen molar-refractivity contribution in [2.45, 2.75) is 85.5 Å². The Morgan fingerprint density at radius 3 is 2.04 bits per heavy atom. The third kappa shape index (κ3) is 7.60. The maximum Gasteiger partial charge on any atom is 0.337 e. The van der Waals surface area contributed by atoms with E-state index in [-0.39, 0.29) is 12.6 Å².